The van der Waals surface area contributed by atoms with Gasteiger partial charge in [-0.25, -0.2) is 4.79 Å². The SMILES string of the molecule is O=C(CSc1nnc([C@H]2COc3ccccc3O2)o1)N1CCNC1=O. The number of nitrogens with one attached hydrogen (secondary N) is 1. The Morgan fingerprint density at radius 3 is 2.96 bits per heavy atom. The van der Waals surface area contributed by atoms with Gasteiger partial charge in [0.2, 0.25) is 12.0 Å². The third-order valence-corrected chi connectivity index (χ3v) is 4.49. The first-order chi connectivity index (χ1) is 12.2. The van der Waals surface area contributed by atoms with Crippen molar-refractivity contribution in [2.75, 3.05) is 25.4 Å². The molecule has 3 heterocycles. The van der Waals surface area contributed by atoms with Crippen LogP contribution in [0.4, 0.5) is 4.79 Å². The van der Waals surface area contributed by atoms with Gasteiger partial charge in [-0.05, 0) is 12.1 Å². The summed E-state index contributed by atoms with van der Waals surface area (Å²) in [5.74, 6) is 1.30. The molecule has 9 nitrogen and oxygen atoms in total. The van der Waals surface area contributed by atoms with Crippen LogP contribution in [0.25, 0.3) is 0 Å². The van der Waals surface area contributed by atoms with Crippen LogP contribution < -0.4 is 14.8 Å². The van der Waals surface area contributed by atoms with Crippen molar-refractivity contribution in [3.05, 3.63) is 30.2 Å². The largest absolute Gasteiger partial charge is 0.485 e. The number of rotatable bonds is 4. The monoisotopic (exact) mass is 362 g/mol. The number of carbonyl (C=O) groups excluding carboxylic acids is 2. The van der Waals surface area contributed by atoms with Crippen LogP contribution in [0, 0.1) is 0 Å². The first-order valence-electron chi connectivity index (χ1n) is 7.63. The van der Waals surface area contributed by atoms with E-state index in [4.69, 9.17) is 13.9 Å². The van der Waals surface area contributed by atoms with E-state index in [1.165, 1.54) is 4.90 Å². The lowest BCUT2D eigenvalue weighted by Gasteiger charge is -2.23. The lowest BCUT2D eigenvalue weighted by atomic mass is 10.2. The van der Waals surface area contributed by atoms with Gasteiger partial charge >= 0.3 is 6.03 Å². The molecule has 10 heteroatoms. The highest BCUT2D eigenvalue weighted by atomic mass is 32.2. The summed E-state index contributed by atoms with van der Waals surface area (Å²) in [6.07, 6.45) is -0.503. The standard InChI is InChI=1S/C15H14N4O5S/c20-12(19-6-5-16-14(19)21)8-25-15-18-17-13(24-15)11-7-22-9-3-1-2-4-10(9)23-11/h1-4,11H,5-8H2,(H,16,21)/t11-/m1/s1. The third kappa shape index (κ3) is 3.25. The summed E-state index contributed by atoms with van der Waals surface area (Å²) >= 11 is 1.08. The molecule has 0 aliphatic carbocycles. The quantitative estimate of drug-likeness (QED) is 0.809. The highest BCUT2D eigenvalue weighted by Gasteiger charge is 2.29. The predicted octanol–water partition coefficient (Wildman–Crippen LogP) is 1.23. The molecule has 0 bridgehead atoms. The molecule has 1 N–H and O–H groups in total. The Morgan fingerprint density at radius 1 is 1.32 bits per heavy atom. The zero-order valence-corrected chi connectivity index (χ0v) is 13.8. The van der Waals surface area contributed by atoms with Gasteiger partial charge in [0.15, 0.2) is 11.5 Å². The van der Waals surface area contributed by atoms with Gasteiger partial charge in [0.1, 0.15) is 6.61 Å². The Labute approximate surface area is 146 Å². The van der Waals surface area contributed by atoms with Gasteiger partial charge in [0.05, 0.1) is 5.75 Å². The van der Waals surface area contributed by atoms with Gasteiger partial charge in [-0.3, -0.25) is 9.69 Å². The number of hydrogen-bond donors (Lipinski definition) is 1. The summed E-state index contributed by atoms with van der Waals surface area (Å²) in [6, 6.07) is 6.96. The average molecular weight is 362 g/mol. The first kappa shape index (κ1) is 15.8. The van der Waals surface area contributed by atoms with Crippen molar-refractivity contribution < 1.29 is 23.5 Å². The minimum absolute atomic E-state index is 0.0416. The Morgan fingerprint density at radius 2 is 2.16 bits per heavy atom. The van der Waals surface area contributed by atoms with E-state index in [9.17, 15) is 9.59 Å². The number of hydrogen-bond acceptors (Lipinski definition) is 8. The van der Waals surface area contributed by atoms with Crippen molar-refractivity contribution >= 4 is 23.7 Å². The van der Waals surface area contributed by atoms with Crippen LogP contribution in [0.15, 0.2) is 33.9 Å². The number of nitrogens with zero attached hydrogens (tertiary/aromatic N) is 3. The molecule has 1 aromatic carbocycles. The molecule has 0 spiro atoms. The number of carbonyl (C=O) groups is 2. The number of urea groups is 1. The number of para-hydroxylation sites is 2. The second-order valence-corrected chi connectivity index (χ2v) is 6.26. The fraction of sp³-hybridized carbons (Fsp3) is 0.333. The van der Waals surface area contributed by atoms with Crippen LogP contribution in [0.2, 0.25) is 0 Å². The van der Waals surface area contributed by atoms with Crippen molar-refractivity contribution in [1.82, 2.24) is 20.4 Å². The minimum atomic E-state index is -0.503. The summed E-state index contributed by atoms with van der Waals surface area (Å²) in [4.78, 5) is 24.6. The molecule has 1 atom stereocenters. The van der Waals surface area contributed by atoms with Gasteiger partial charge < -0.3 is 19.2 Å². The van der Waals surface area contributed by atoms with E-state index >= 15 is 0 Å². The maximum absolute atomic E-state index is 12.0. The van der Waals surface area contributed by atoms with Gasteiger partial charge in [-0.15, -0.1) is 10.2 Å². The highest BCUT2D eigenvalue weighted by Crippen LogP contribution is 2.35. The van der Waals surface area contributed by atoms with Crippen LogP contribution in [-0.2, 0) is 4.79 Å². The molecule has 3 amide bonds. The summed E-state index contributed by atoms with van der Waals surface area (Å²) < 4.78 is 16.9. The van der Waals surface area contributed by atoms with Crippen LogP contribution in [0.5, 0.6) is 11.5 Å². The number of amides is 3. The highest BCUT2D eigenvalue weighted by molar-refractivity contribution is 7.99. The number of ether oxygens (including phenoxy) is 2. The molecule has 1 fully saturated rings. The fourth-order valence-corrected chi connectivity index (χ4v) is 3.11. The summed E-state index contributed by atoms with van der Waals surface area (Å²) in [7, 11) is 0. The van der Waals surface area contributed by atoms with E-state index in [2.05, 4.69) is 15.5 Å². The summed E-state index contributed by atoms with van der Waals surface area (Å²) in [5, 5.41) is 10.7. The molecule has 0 unspecified atom stereocenters. The molecular formula is C15H14N4O5S. The molecule has 4 rings (SSSR count). The van der Waals surface area contributed by atoms with Crippen LogP contribution in [-0.4, -0.2) is 52.5 Å². The van der Waals surface area contributed by atoms with E-state index in [1.807, 2.05) is 18.2 Å². The number of benzene rings is 1. The molecular weight excluding hydrogens is 348 g/mol. The van der Waals surface area contributed by atoms with E-state index in [-0.39, 0.29) is 35.4 Å². The molecule has 1 saturated heterocycles. The van der Waals surface area contributed by atoms with Crippen molar-refractivity contribution in [2.45, 2.75) is 11.3 Å². The summed E-state index contributed by atoms with van der Waals surface area (Å²) in [5.41, 5.74) is 0. The number of fused-ring (bicyclic) bond motifs is 1. The molecule has 0 radical (unpaired) electrons. The molecule has 2 aliphatic rings. The van der Waals surface area contributed by atoms with Crippen molar-refractivity contribution in [1.29, 1.82) is 0 Å². The number of imide groups is 1. The van der Waals surface area contributed by atoms with Crippen molar-refractivity contribution in [2.24, 2.45) is 0 Å². The molecule has 2 aliphatic heterocycles. The van der Waals surface area contributed by atoms with Crippen LogP contribution >= 0.6 is 11.8 Å². The maximum atomic E-state index is 12.0. The molecule has 1 aromatic heterocycles. The summed E-state index contributed by atoms with van der Waals surface area (Å²) in [6.45, 7) is 1.11. The molecule has 25 heavy (non-hydrogen) atoms. The van der Waals surface area contributed by atoms with E-state index < -0.39 is 6.10 Å². The Hall–Kier alpha value is -2.75. The lowest BCUT2D eigenvalue weighted by molar-refractivity contribution is -0.124. The second-order valence-electron chi connectivity index (χ2n) is 5.34. The molecule has 130 valence electrons. The zero-order chi connectivity index (χ0) is 17.2. The van der Waals surface area contributed by atoms with Gasteiger partial charge in [-0.2, -0.15) is 0 Å². The van der Waals surface area contributed by atoms with Gasteiger partial charge in [0.25, 0.3) is 11.1 Å². The zero-order valence-electron chi connectivity index (χ0n) is 13.0. The minimum Gasteiger partial charge on any atom is -0.485 e. The smallest absolute Gasteiger partial charge is 0.324 e. The van der Waals surface area contributed by atoms with Gasteiger partial charge in [0, 0.05) is 13.1 Å². The van der Waals surface area contributed by atoms with Gasteiger partial charge in [-0.1, -0.05) is 23.9 Å². The Balaban J connectivity index is 1.36. The third-order valence-electron chi connectivity index (χ3n) is 3.68. The second kappa shape index (κ2) is 6.63. The average Bonchev–Trinajstić information content (AvgIpc) is 3.28. The predicted molar refractivity (Wildman–Crippen MR) is 85.4 cm³/mol. The van der Waals surface area contributed by atoms with Crippen molar-refractivity contribution in [3.8, 4) is 11.5 Å². The topological polar surface area (TPSA) is 107 Å². The van der Waals surface area contributed by atoms with Crippen LogP contribution in [0.3, 0.4) is 0 Å². The Kier molecular flexibility index (Phi) is 4.18. The fourth-order valence-electron chi connectivity index (χ4n) is 2.46. The van der Waals surface area contributed by atoms with E-state index in [0.717, 1.165) is 11.8 Å². The number of thioether (sulfide) groups is 1. The van der Waals surface area contributed by atoms with E-state index in [1.54, 1.807) is 6.07 Å². The lowest BCUT2D eigenvalue weighted by Crippen LogP contribution is -2.35. The molecule has 2 aromatic rings. The van der Waals surface area contributed by atoms with Crippen LogP contribution in [0.1, 0.15) is 12.0 Å². The Bertz CT molecular complexity index is 811. The van der Waals surface area contributed by atoms with E-state index in [0.29, 0.717) is 24.6 Å². The molecule has 0 saturated carbocycles. The first-order valence-corrected chi connectivity index (χ1v) is 8.62. The maximum Gasteiger partial charge on any atom is 0.324 e. The normalized spacial score (nSPS) is 19.0. The van der Waals surface area contributed by atoms with Crippen molar-refractivity contribution in [3.63, 3.8) is 0 Å². The number of aromatic nitrogens is 2.